The van der Waals surface area contributed by atoms with Gasteiger partial charge < -0.3 is 29.5 Å². The number of rotatable bonds is 20. The van der Waals surface area contributed by atoms with Crippen LogP contribution in [-0.2, 0) is 26.2 Å². The molecule has 0 heterocycles. The van der Waals surface area contributed by atoms with E-state index in [4.69, 9.17) is 12.2 Å². The summed E-state index contributed by atoms with van der Waals surface area (Å²) in [6.45, 7) is 2.30. The molecule has 40 heavy (non-hydrogen) atoms. The minimum atomic E-state index is -4.76. The topological polar surface area (TPSA) is 96.5 Å². The molecule has 0 unspecified atom stereocenters. The quantitative estimate of drug-likeness (QED) is 0.0648. The average Bonchev–Trinajstić information content (AvgIpc) is 2.91. The number of hydrogen-bond donors (Lipinski definition) is 2. The zero-order chi connectivity index (χ0) is 28.4. The Morgan fingerprint density at radius 1 is 0.650 bits per heavy atom. The second-order valence-electron chi connectivity index (χ2n) is 9.89. The molecule has 0 atom stereocenters. The first kappa shape index (κ1) is 38.8. The van der Waals surface area contributed by atoms with E-state index in [0.717, 1.165) is 24.2 Å². The van der Waals surface area contributed by atoms with E-state index in [-0.39, 0.29) is 23.7 Å². The Morgan fingerprint density at radius 3 is 1.30 bits per heavy atom. The Hall–Kier alpha value is -1.24. The maximum absolute atomic E-state index is 10.2. The molecular formula is C31H49CuN2O4PS. The minimum absolute atomic E-state index is 0. The monoisotopic (exact) mass is 639 g/mol. The van der Waals surface area contributed by atoms with Crippen LogP contribution in [0.4, 0.5) is 11.4 Å². The molecule has 0 spiro atoms. The van der Waals surface area contributed by atoms with Crippen molar-refractivity contribution in [2.45, 2.75) is 110 Å². The standard InChI is InChI=1S/C18H39O4P.C13H12N2S.Cu/c1-2-3-4-5-6-7-8-9-10-11-12-13-14-15-16-17-18-22-23(19,20)21;16-13(14-11-7-3-1-4-8-11)15-12-9-5-2-6-10-12;/h2-18H2,1H3,(H2,19,20,21);1-10H,(H2,14,15,16);/q;;+2/p-2. The van der Waals surface area contributed by atoms with E-state index in [1.165, 1.54) is 83.5 Å². The predicted molar refractivity (Wildman–Crippen MR) is 166 cm³/mol. The zero-order valence-electron chi connectivity index (χ0n) is 24.1. The molecule has 0 aliphatic carbocycles. The fourth-order valence-electron chi connectivity index (χ4n) is 4.16. The molecule has 2 N–H and O–H groups in total. The minimum Gasteiger partial charge on any atom is -0.790 e. The second-order valence-corrected chi connectivity index (χ2v) is 11.5. The van der Waals surface area contributed by atoms with Crippen molar-refractivity contribution in [2.24, 2.45) is 0 Å². The average molecular weight is 640 g/mol. The van der Waals surface area contributed by atoms with Crippen LogP contribution in [0.15, 0.2) is 60.7 Å². The summed E-state index contributed by atoms with van der Waals surface area (Å²) < 4.78 is 14.4. The molecule has 9 heteroatoms. The fraction of sp³-hybridized carbons (Fsp3) is 0.581. The van der Waals surface area contributed by atoms with Gasteiger partial charge >= 0.3 is 17.1 Å². The summed E-state index contributed by atoms with van der Waals surface area (Å²) in [6.07, 6.45) is 20.3. The number of anilines is 2. The van der Waals surface area contributed by atoms with Crippen LogP contribution in [0.2, 0.25) is 0 Å². The van der Waals surface area contributed by atoms with Gasteiger partial charge in [-0.2, -0.15) is 0 Å². The number of hydrogen-bond acceptors (Lipinski definition) is 5. The molecule has 1 radical (unpaired) electrons. The van der Waals surface area contributed by atoms with Crippen molar-refractivity contribution < 1.29 is 35.9 Å². The van der Waals surface area contributed by atoms with Gasteiger partial charge in [0.2, 0.25) is 0 Å². The van der Waals surface area contributed by atoms with E-state index in [1.54, 1.807) is 0 Å². The summed E-state index contributed by atoms with van der Waals surface area (Å²) >= 11 is 5.20. The van der Waals surface area contributed by atoms with Gasteiger partial charge in [0.25, 0.3) is 0 Å². The van der Waals surface area contributed by atoms with E-state index >= 15 is 0 Å². The first-order valence-electron chi connectivity index (χ1n) is 14.8. The van der Waals surface area contributed by atoms with E-state index in [0.29, 0.717) is 11.5 Å². The molecule has 0 saturated carbocycles. The van der Waals surface area contributed by atoms with Gasteiger partial charge in [-0.15, -0.1) is 0 Å². The van der Waals surface area contributed by atoms with Gasteiger partial charge in [-0.1, -0.05) is 140 Å². The van der Waals surface area contributed by atoms with Gasteiger partial charge in [-0.3, -0.25) is 0 Å². The summed E-state index contributed by atoms with van der Waals surface area (Å²) in [7, 11) is -4.76. The maximum atomic E-state index is 10.2. The molecule has 0 bridgehead atoms. The summed E-state index contributed by atoms with van der Waals surface area (Å²) in [5, 5.41) is 6.82. The second kappa shape index (κ2) is 26.6. The van der Waals surface area contributed by atoms with Crippen molar-refractivity contribution in [3.63, 3.8) is 0 Å². The molecule has 0 fully saturated rings. The molecule has 0 aliphatic rings. The van der Waals surface area contributed by atoms with Crippen molar-refractivity contribution in [1.82, 2.24) is 0 Å². The van der Waals surface area contributed by atoms with Crippen LogP contribution in [0.1, 0.15) is 110 Å². The van der Waals surface area contributed by atoms with E-state index in [2.05, 4.69) is 22.1 Å². The van der Waals surface area contributed by atoms with Crippen molar-refractivity contribution in [2.75, 3.05) is 17.2 Å². The summed E-state index contributed by atoms with van der Waals surface area (Å²) in [5.41, 5.74) is 1.96. The van der Waals surface area contributed by atoms with E-state index in [1.807, 2.05) is 60.7 Å². The van der Waals surface area contributed by atoms with Crippen LogP contribution in [-0.4, -0.2) is 11.7 Å². The third-order valence-corrected chi connectivity index (χ3v) is 7.01. The Labute approximate surface area is 259 Å². The number of unbranched alkanes of at least 4 members (excludes halogenated alkanes) is 15. The Bertz CT molecular complexity index is 844. The molecular weight excluding hydrogens is 591 g/mol. The van der Waals surface area contributed by atoms with Crippen molar-refractivity contribution in [3.8, 4) is 0 Å². The first-order chi connectivity index (χ1) is 18.9. The van der Waals surface area contributed by atoms with Crippen LogP contribution < -0.4 is 20.4 Å². The summed E-state index contributed by atoms with van der Waals surface area (Å²) in [6, 6.07) is 19.7. The first-order valence-corrected chi connectivity index (χ1v) is 16.6. The molecule has 2 aromatic rings. The van der Waals surface area contributed by atoms with Gasteiger partial charge in [0.1, 0.15) is 0 Å². The largest absolute Gasteiger partial charge is 2.00 e. The molecule has 0 amide bonds. The number of thiocarbonyl (C=S) groups is 1. The third-order valence-electron chi connectivity index (χ3n) is 6.31. The number of para-hydroxylation sites is 2. The van der Waals surface area contributed by atoms with Crippen molar-refractivity contribution >= 4 is 36.5 Å². The SMILES string of the molecule is CCCCCCCCCCCCCCCCCCOP(=O)([O-])[O-].S=C(Nc1ccccc1)Nc1ccccc1.[Cu+2]. The number of benzene rings is 2. The van der Waals surface area contributed by atoms with E-state index in [9.17, 15) is 14.4 Å². The summed E-state index contributed by atoms with van der Waals surface area (Å²) in [5.74, 6) is 0. The third kappa shape index (κ3) is 25.7. The summed E-state index contributed by atoms with van der Waals surface area (Å²) in [4.78, 5) is 20.5. The number of nitrogens with one attached hydrogen (secondary N) is 2. The smallest absolute Gasteiger partial charge is 0.790 e. The number of phosphoric ester groups is 1. The van der Waals surface area contributed by atoms with Crippen LogP contribution >= 0.6 is 20.0 Å². The van der Waals surface area contributed by atoms with Crippen molar-refractivity contribution in [1.29, 1.82) is 0 Å². The van der Waals surface area contributed by atoms with Gasteiger partial charge in [0, 0.05) is 11.4 Å². The molecule has 0 aliphatic heterocycles. The number of phosphoric acid groups is 1. The van der Waals surface area contributed by atoms with Crippen LogP contribution in [0.3, 0.4) is 0 Å². The van der Waals surface area contributed by atoms with Crippen LogP contribution in [0.25, 0.3) is 0 Å². The van der Waals surface area contributed by atoms with Gasteiger partial charge in [-0.05, 0) is 42.9 Å². The Balaban J connectivity index is 0.000000781. The van der Waals surface area contributed by atoms with Gasteiger partial charge in [0.05, 0.1) is 14.4 Å². The molecule has 229 valence electrons. The van der Waals surface area contributed by atoms with Crippen LogP contribution in [0.5, 0.6) is 0 Å². The van der Waals surface area contributed by atoms with Crippen LogP contribution in [0, 0.1) is 0 Å². The predicted octanol–water partition coefficient (Wildman–Crippen LogP) is 8.59. The normalized spacial score (nSPS) is 10.7. The molecule has 2 rings (SSSR count). The maximum Gasteiger partial charge on any atom is 2.00 e. The fourth-order valence-corrected chi connectivity index (χ4v) is 4.75. The Morgan fingerprint density at radius 2 is 0.975 bits per heavy atom. The molecule has 2 aromatic carbocycles. The molecule has 0 aromatic heterocycles. The Kier molecular flexibility index (Phi) is 25.8. The van der Waals surface area contributed by atoms with E-state index < -0.39 is 7.82 Å². The molecule has 0 saturated heterocycles. The van der Waals surface area contributed by atoms with Gasteiger partial charge in [-0.25, -0.2) is 0 Å². The van der Waals surface area contributed by atoms with Gasteiger partial charge in [0.15, 0.2) is 5.11 Å². The molecule has 6 nitrogen and oxygen atoms in total. The van der Waals surface area contributed by atoms with Crippen molar-refractivity contribution in [3.05, 3.63) is 60.7 Å². The zero-order valence-corrected chi connectivity index (χ0v) is 26.7.